The van der Waals surface area contributed by atoms with Crippen molar-refractivity contribution in [3.63, 3.8) is 0 Å². The SMILES string of the molecule is COCc1cc(C(C)NCCCC(N)=O)ccc1OC. The molecule has 1 aromatic rings. The zero-order valence-corrected chi connectivity index (χ0v) is 12.4. The van der Waals surface area contributed by atoms with E-state index in [0.29, 0.717) is 13.0 Å². The minimum absolute atomic E-state index is 0.199. The first-order chi connectivity index (χ1) is 9.58. The molecule has 1 rings (SSSR count). The van der Waals surface area contributed by atoms with Crippen LogP contribution < -0.4 is 15.8 Å². The standard InChI is InChI=1S/C15H24N2O3/c1-11(17-8-4-5-15(16)18)12-6-7-14(20-3)13(9-12)10-19-2/h6-7,9,11,17H,4-5,8,10H2,1-3H3,(H2,16,18). The monoisotopic (exact) mass is 280 g/mol. The smallest absolute Gasteiger partial charge is 0.217 e. The number of primary amides is 1. The Morgan fingerprint density at radius 3 is 2.75 bits per heavy atom. The van der Waals surface area contributed by atoms with Crippen LogP contribution >= 0.6 is 0 Å². The number of methoxy groups -OCH3 is 2. The van der Waals surface area contributed by atoms with Crippen LogP contribution in [0.2, 0.25) is 0 Å². The van der Waals surface area contributed by atoms with Gasteiger partial charge in [0.05, 0.1) is 13.7 Å². The summed E-state index contributed by atoms with van der Waals surface area (Å²) in [5.74, 6) is 0.572. The van der Waals surface area contributed by atoms with E-state index in [1.165, 1.54) is 0 Å². The van der Waals surface area contributed by atoms with E-state index in [1.807, 2.05) is 12.1 Å². The van der Waals surface area contributed by atoms with E-state index in [4.69, 9.17) is 15.2 Å². The second-order valence-electron chi connectivity index (χ2n) is 4.75. The third-order valence-corrected chi connectivity index (χ3v) is 3.15. The molecule has 20 heavy (non-hydrogen) atoms. The zero-order valence-electron chi connectivity index (χ0n) is 12.4. The zero-order chi connectivity index (χ0) is 15.0. The number of carbonyl (C=O) groups is 1. The van der Waals surface area contributed by atoms with E-state index in [1.54, 1.807) is 14.2 Å². The van der Waals surface area contributed by atoms with Crippen molar-refractivity contribution in [1.82, 2.24) is 5.32 Å². The van der Waals surface area contributed by atoms with Crippen LogP contribution in [0.25, 0.3) is 0 Å². The van der Waals surface area contributed by atoms with E-state index in [2.05, 4.69) is 18.3 Å². The van der Waals surface area contributed by atoms with Gasteiger partial charge in [0.1, 0.15) is 5.75 Å². The first-order valence-electron chi connectivity index (χ1n) is 6.76. The average molecular weight is 280 g/mol. The van der Waals surface area contributed by atoms with E-state index in [9.17, 15) is 4.79 Å². The highest BCUT2D eigenvalue weighted by molar-refractivity contribution is 5.73. The fourth-order valence-electron chi connectivity index (χ4n) is 2.04. The van der Waals surface area contributed by atoms with Crippen molar-refractivity contribution >= 4 is 5.91 Å². The van der Waals surface area contributed by atoms with Gasteiger partial charge in [-0.05, 0) is 37.6 Å². The Kier molecular flexibility index (Phi) is 7.04. The van der Waals surface area contributed by atoms with Gasteiger partial charge >= 0.3 is 0 Å². The third kappa shape index (κ3) is 5.19. The molecule has 0 spiro atoms. The first kappa shape index (κ1) is 16.5. The van der Waals surface area contributed by atoms with Crippen LogP contribution in [0, 0.1) is 0 Å². The number of hydrogen-bond acceptors (Lipinski definition) is 4. The largest absolute Gasteiger partial charge is 0.496 e. The molecule has 1 atom stereocenters. The van der Waals surface area contributed by atoms with Crippen molar-refractivity contribution in [2.75, 3.05) is 20.8 Å². The Morgan fingerprint density at radius 2 is 2.15 bits per heavy atom. The molecule has 5 nitrogen and oxygen atoms in total. The number of rotatable bonds is 9. The minimum Gasteiger partial charge on any atom is -0.496 e. The van der Waals surface area contributed by atoms with Crippen LogP contribution in [0.1, 0.15) is 36.9 Å². The van der Waals surface area contributed by atoms with E-state index in [-0.39, 0.29) is 11.9 Å². The number of nitrogens with two attached hydrogens (primary N) is 1. The number of ether oxygens (including phenoxy) is 2. The van der Waals surface area contributed by atoms with Crippen molar-refractivity contribution in [3.05, 3.63) is 29.3 Å². The highest BCUT2D eigenvalue weighted by Crippen LogP contribution is 2.24. The van der Waals surface area contributed by atoms with Gasteiger partial charge in [-0.1, -0.05) is 6.07 Å². The fourth-order valence-corrected chi connectivity index (χ4v) is 2.04. The molecule has 0 heterocycles. The Balaban J connectivity index is 2.60. The highest BCUT2D eigenvalue weighted by Gasteiger charge is 2.09. The number of nitrogens with one attached hydrogen (secondary N) is 1. The lowest BCUT2D eigenvalue weighted by atomic mass is 10.0. The number of carbonyl (C=O) groups excluding carboxylic acids is 1. The van der Waals surface area contributed by atoms with Crippen molar-refractivity contribution in [3.8, 4) is 5.75 Å². The summed E-state index contributed by atoms with van der Waals surface area (Å²) >= 11 is 0. The molecule has 0 aliphatic rings. The Morgan fingerprint density at radius 1 is 1.40 bits per heavy atom. The molecule has 1 unspecified atom stereocenters. The van der Waals surface area contributed by atoms with Gasteiger partial charge in [0.15, 0.2) is 0 Å². The first-order valence-corrected chi connectivity index (χ1v) is 6.76. The molecule has 1 amide bonds. The molecule has 0 saturated heterocycles. The number of hydrogen-bond donors (Lipinski definition) is 2. The molecule has 0 aliphatic heterocycles. The summed E-state index contributed by atoms with van der Waals surface area (Å²) in [6, 6.07) is 6.26. The minimum atomic E-state index is -0.258. The van der Waals surface area contributed by atoms with Crippen molar-refractivity contribution in [2.45, 2.75) is 32.4 Å². The van der Waals surface area contributed by atoms with Crippen molar-refractivity contribution in [2.24, 2.45) is 5.73 Å². The van der Waals surface area contributed by atoms with E-state index >= 15 is 0 Å². The maximum absolute atomic E-state index is 10.7. The predicted molar refractivity (Wildman–Crippen MR) is 78.6 cm³/mol. The Bertz CT molecular complexity index is 435. The van der Waals surface area contributed by atoms with Gasteiger partial charge in [-0.3, -0.25) is 4.79 Å². The van der Waals surface area contributed by atoms with Crippen LogP contribution in [0.5, 0.6) is 5.75 Å². The van der Waals surface area contributed by atoms with Gasteiger partial charge in [-0.25, -0.2) is 0 Å². The van der Waals surface area contributed by atoms with Gasteiger partial charge in [0.2, 0.25) is 5.91 Å². The van der Waals surface area contributed by atoms with Crippen LogP contribution in [0.3, 0.4) is 0 Å². The fraction of sp³-hybridized carbons (Fsp3) is 0.533. The van der Waals surface area contributed by atoms with Gasteiger partial charge < -0.3 is 20.5 Å². The topological polar surface area (TPSA) is 73.6 Å². The Labute approximate surface area is 120 Å². The highest BCUT2D eigenvalue weighted by atomic mass is 16.5. The maximum Gasteiger partial charge on any atom is 0.217 e. The molecule has 0 bridgehead atoms. The summed E-state index contributed by atoms with van der Waals surface area (Å²) in [4.78, 5) is 10.7. The molecule has 0 saturated carbocycles. The lowest BCUT2D eigenvalue weighted by molar-refractivity contribution is -0.118. The molecular formula is C15H24N2O3. The molecule has 1 aromatic carbocycles. The molecule has 5 heteroatoms. The molecule has 0 fully saturated rings. The lowest BCUT2D eigenvalue weighted by Gasteiger charge is -2.16. The quantitative estimate of drug-likeness (QED) is 0.676. The van der Waals surface area contributed by atoms with Gasteiger partial charge in [-0.15, -0.1) is 0 Å². The van der Waals surface area contributed by atoms with E-state index < -0.39 is 0 Å². The third-order valence-electron chi connectivity index (χ3n) is 3.15. The van der Waals surface area contributed by atoms with E-state index in [0.717, 1.165) is 29.8 Å². The summed E-state index contributed by atoms with van der Waals surface area (Å²) in [5, 5.41) is 3.37. The van der Waals surface area contributed by atoms with Gasteiger partial charge in [0, 0.05) is 25.1 Å². The van der Waals surface area contributed by atoms with Gasteiger partial charge in [0.25, 0.3) is 0 Å². The number of benzene rings is 1. The average Bonchev–Trinajstić information content (AvgIpc) is 2.43. The predicted octanol–water partition coefficient (Wildman–Crippen LogP) is 1.76. The molecule has 0 aromatic heterocycles. The second-order valence-corrected chi connectivity index (χ2v) is 4.75. The molecule has 112 valence electrons. The van der Waals surface area contributed by atoms with Crippen LogP contribution in [-0.2, 0) is 16.1 Å². The molecule has 3 N–H and O–H groups in total. The summed E-state index contributed by atoms with van der Waals surface area (Å²) in [7, 11) is 3.32. The van der Waals surface area contributed by atoms with Crippen LogP contribution in [-0.4, -0.2) is 26.7 Å². The lowest BCUT2D eigenvalue weighted by Crippen LogP contribution is -2.21. The van der Waals surface area contributed by atoms with Crippen LogP contribution in [0.4, 0.5) is 0 Å². The summed E-state index contributed by atoms with van der Waals surface area (Å²) in [6.07, 6.45) is 1.16. The summed E-state index contributed by atoms with van der Waals surface area (Å²) in [5.41, 5.74) is 7.30. The second kappa shape index (κ2) is 8.55. The molecule has 0 aliphatic carbocycles. The number of amides is 1. The maximum atomic E-state index is 10.7. The van der Waals surface area contributed by atoms with Crippen molar-refractivity contribution < 1.29 is 14.3 Å². The summed E-state index contributed by atoms with van der Waals surface area (Å²) < 4.78 is 10.5. The molecule has 0 radical (unpaired) electrons. The Hall–Kier alpha value is -1.59. The normalized spacial score (nSPS) is 12.2. The van der Waals surface area contributed by atoms with Crippen LogP contribution in [0.15, 0.2) is 18.2 Å². The molecular weight excluding hydrogens is 256 g/mol. The van der Waals surface area contributed by atoms with Gasteiger partial charge in [-0.2, -0.15) is 0 Å². The summed E-state index contributed by atoms with van der Waals surface area (Å²) in [6.45, 7) is 3.36. The van der Waals surface area contributed by atoms with Crippen molar-refractivity contribution in [1.29, 1.82) is 0 Å².